The summed E-state index contributed by atoms with van der Waals surface area (Å²) in [5.74, 6) is 2.81. The van der Waals surface area contributed by atoms with Gasteiger partial charge in [0, 0.05) is 43.9 Å². The van der Waals surface area contributed by atoms with Crippen LogP contribution in [-0.4, -0.2) is 52.7 Å². The van der Waals surface area contributed by atoms with Gasteiger partial charge in [-0.1, -0.05) is 42.4 Å². The molecule has 0 bridgehead atoms. The molecule has 3 heterocycles. The second kappa shape index (κ2) is 7.75. The molecule has 0 radical (unpaired) electrons. The maximum absolute atomic E-state index is 5.14. The van der Waals surface area contributed by atoms with Crippen molar-refractivity contribution in [2.45, 2.75) is 13.8 Å². The van der Waals surface area contributed by atoms with Crippen molar-refractivity contribution in [1.29, 1.82) is 0 Å². The van der Waals surface area contributed by atoms with Gasteiger partial charge in [-0.15, -0.1) is 0 Å². The molecule has 1 saturated heterocycles. The Morgan fingerprint density at radius 2 is 1.81 bits per heavy atom. The minimum Gasteiger partial charge on any atom is -0.360 e. The molecule has 1 aliphatic heterocycles. The topological polar surface area (TPSA) is 70.3 Å². The SMILES string of the molecule is CCN1CCN(c2cc(-c3ccccc3)nc(Nc3cc(C)on3)n2)CC1. The van der Waals surface area contributed by atoms with Gasteiger partial charge in [-0.25, -0.2) is 4.98 Å². The van der Waals surface area contributed by atoms with Crippen molar-refractivity contribution in [2.75, 3.05) is 42.9 Å². The summed E-state index contributed by atoms with van der Waals surface area (Å²) in [4.78, 5) is 14.2. The molecular weight excluding hydrogens is 340 g/mol. The number of piperazine rings is 1. The van der Waals surface area contributed by atoms with Crippen LogP contribution in [0.3, 0.4) is 0 Å². The lowest BCUT2D eigenvalue weighted by atomic mass is 10.1. The molecule has 7 heteroatoms. The first-order valence-corrected chi connectivity index (χ1v) is 9.33. The Morgan fingerprint density at radius 3 is 2.48 bits per heavy atom. The number of nitrogens with zero attached hydrogens (tertiary/aromatic N) is 5. The Bertz CT molecular complexity index is 886. The van der Waals surface area contributed by atoms with E-state index < -0.39 is 0 Å². The number of anilines is 3. The van der Waals surface area contributed by atoms with Crippen LogP contribution in [0.25, 0.3) is 11.3 Å². The Morgan fingerprint density at radius 1 is 1.04 bits per heavy atom. The number of hydrogen-bond acceptors (Lipinski definition) is 7. The van der Waals surface area contributed by atoms with E-state index in [1.807, 2.05) is 31.2 Å². The highest BCUT2D eigenvalue weighted by Gasteiger charge is 2.19. The van der Waals surface area contributed by atoms with Crippen molar-refractivity contribution in [3.8, 4) is 11.3 Å². The molecule has 140 valence electrons. The third-order valence-corrected chi connectivity index (χ3v) is 4.79. The Balaban J connectivity index is 1.66. The van der Waals surface area contributed by atoms with Crippen LogP contribution in [0.4, 0.5) is 17.6 Å². The van der Waals surface area contributed by atoms with Crippen LogP contribution in [0.2, 0.25) is 0 Å². The molecular formula is C20H24N6O. The summed E-state index contributed by atoms with van der Waals surface area (Å²) < 4.78 is 5.14. The van der Waals surface area contributed by atoms with Gasteiger partial charge >= 0.3 is 0 Å². The average Bonchev–Trinajstić information content (AvgIpc) is 3.13. The highest BCUT2D eigenvalue weighted by Crippen LogP contribution is 2.25. The van der Waals surface area contributed by atoms with E-state index in [1.54, 1.807) is 0 Å². The number of rotatable bonds is 5. The zero-order valence-electron chi connectivity index (χ0n) is 15.7. The van der Waals surface area contributed by atoms with E-state index in [-0.39, 0.29) is 0 Å². The zero-order valence-corrected chi connectivity index (χ0v) is 15.7. The monoisotopic (exact) mass is 364 g/mol. The molecule has 0 spiro atoms. The predicted octanol–water partition coefficient (Wildman–Crippen LogP) is 3.33. The molecule has 3 aromatic rings. The molecule has 1 fully saturated rings. The Kier molecular flexibility index (Phi) is 5.02. The molecule has 2 aromatic heterocycles. The van der Waals surface area contributed by atoms with E-state index in [0.717, 1.165) is 55.6 Å². The van der Waals surface area contributed by atoms with E-state index >= 15 is 0 Å². The first-order chi connectivity index (χ1) is 13.2. The fourth-order valence-corrected chi connectivity index (χ4v) is 3.24. The Labute approximate surface area is 159 Å². The van der Waals surface area contributed by atoms with Crippen molar-refractivity contribution >= 4 is 17.6 Å². The molecule has 0 unspecified atom stereocenters. The molecule has 7 nitrogen and oxygen atoms in total. The molecule has 27 heavy (non-hydrogen) atoms. The third kappa shape index (κ3) is 4.09. The van der Waals surface area contributed by atoms with Gasteiger partial charge in [-0.2, -0.15) is 4.98 Å². The summed E-state index contributed by atoms with van der Waals surface area (Å²) in [6, 6.07) is 14.1. The molecule has 0 atom stereocenters. The number of hydrogen-bond donors (Lipinski definition) is 1. The van der Waals surface area contributed by atoms with Gasteiger partial charge in [0.1, 0.15) is 11.6 Å². The number of benzene rings is 1. The fraction of sp³-hybridized carbons (Fsp3) is 0.350. The highest BCUT2D eigenvalue weighted by atomic mass is 16.5. The van der Waals surface area contributed by atoms with Gasteiger partial charge in [0.15, 0.2) is 5.82 Å². The highest BCUT2D eigenvalue weighted by molar-refractivity contribution is 5.66. The molecule has 0 amide bonds. The number of aromatic nitrogens is 3. The number of nitrogens with one attached hydrogen (secondary N) is 1. The van der Waals surface area contributed by atoms with Crippen molar-refractivity contribution in [2.24, 2.45) is 0 Å². The maximum Gasteiger partial charge on any atom is 0.231 e. The van der Waals surface area contributed by atoms with Gasteiger partial charge in [0.2, 0.25) is 5.95 Å². The van der Waals surface area contributed by atoms with E-state index in [2.05, 4.69) is 45.4 Å². The van der Waals surface area contributed by atoms with Gasteiger partial charge in [-0.05, 0) is 13.5 Å². The van der Waals surface area contributed by atoms with E-state index in [1.165, 1.54) is 0 Å². The summed E-state index contributed by atoms with van der Waals surface area (Å²) in [6.45, 7) is 9.17. The smallest absolute Gasteiger partial charge is 0.231 e. The van der Waals surface area contributed by atoms with Crippen LogP contribution in [0.1, 0.15) is 12.7 Å². The normalized spacial score (nSPS) is 15.1. The first-order valence-electron chi connectivity index (χ1n) is 9.33. The average molecular weight is 364 g/mol. The third-order valence-electron chi connectivity index (χ3n) is 4.79. The van der Waals surface area contributed by atoms with Crippen LogP contribution >= 0.6 is 0 Å². The van der Waals surface area contributed by atoms with Crippen LogP contribution in [0.5, 0.6) is 0 Å². The molecule has 0 saturated carbocycles. The van der Waals surface area contributed by atoms with Crippen LogP contribution < -0.4 is 10.2 Å². The van der Waals surface area contributed by atoms with E-state index in [9.17, 15) is 0 Å². The minimum atomic E-state index is 0.526. The van der Waals surface area contributed by atoms with Crippen LogP contribution in [-0.2, 0) is 0 Å². The Hall–Kier alpha value is -2.93. The quantitative estimate of drug-likeness (QED) is 0.744. The molecule has 0 aliphatic carbocycles. The van der Waals surface area contributed by atoms with E-state index in [0.29, 0.717) is 11.8 Å². The lowest BCUT2D eigenvalue weighted by molar-refractivity contribution is 0.270. The molecule has 1 aliphatic rings. The van der Waals surface area contributed by atoms with E-state index in [4.69, 9.17) is 14.5 Å². The largest absolute Gasteiger partial charge is 0.360 e. The number of likely N-dealkylation sites (N-methyl/N-ethyl adjacent to an activating group) is 1. The minimum absolute atomic E-state index is 0.526. The summed E-state index contributed by atoms with van der Waals surface area (Å²) in [7, 11) is 0. The summed E-state index contributed by atoms with van der Waals surface area (Å²) in [5.41, 5.74) is 1.95. The second-order valence-electron chi connectivity index (χ2n) is 6.67. The first kappa shape index (κ1) is 17.5. The summed E-state index contributed by atoms with van der Waals surface area (Å²) in [6.07, 6.45) is 0. The lowest BCUT2D eigenvalue weighted by Gasteiger charge is -2.35. The van der Waals surface area contributed by atoms with Crippen molar-refractivity contribution in [1.82, 2.24) is 20.0 Å². The lowest BCUT2D eigenvalue weighted by Crippen LogP contribution is -2.46. The zero-order chi connectivity index (χ0) is 18.6. The molecule has 1 N–H and O–H groups in total. The standard InChI is InChI=1S/C20H24N6O/c1-3-25-9-11-26(12-10-25)19-14-17(16-7-5-4-6-8-16)21-20(23-19)22-18-13-15(2)27-24-18/h4-8,13-14H,3,9-12H2,1-2H3,(H,21,22,23,24). The number of aryl methyl sites for hydroxylation is 1. The summed E-state index contributed by atoms with van der Waals surface area (Å²) >= 11 is 0. The fourth-order valence-electron chi connectivity index (χ4n) is 3.24. The van der Waals surface area contributed by atoms with Crippen molar-refractivity contribution in [3.63, 3.8) is 0 Å². The van der Waals surface area contributed by atoms with Crippen LogP contribution in [0, 0.1) is 6.92 Å². The van der Waals surface area contributed by atoms with Gasteiger partial charge in [0.05, 0.1) is 5.69 Å². The maximum atomic E-state index is 5.14. The molecule has 1 aromatic carbocycles. The van der Waals surface area contributed by atoms with Crippen molar-refractivity contribution < 1.29 is 4.52 Å². The van der Waals surface area contributed by atoms with Gasteiger partial charge < -0.3 is 19.6 Å². The van der Waals surface area contributed by atoms with Gasteiger partial charge in [-0.3, -0.25) is 0 Å². The second-order valence-corrected chi connectivity index (χ2v) is 6.67. The van der Waals surface area contributed by atoms with Crippen molar-refractivity contribution in [3.05, 3.63) is 48.2 Å². The predicted molar refractivity (Wildman–Crippen MR) is 106 cm³/mol. The summed E-state index contributed by atoms with van der Waals surface area (Å²) in [5, 5.41) is 7.16. The van der Waals surface area contributed by atoms with Crippen LogP contribution in [0.15, 0.2) is 47.0 Å². The van der Waals surface area contributed by atoms with Gasteiger partial charge in [0.25, 0.3) is 0 Å². The molecule has 4 rings (SSSR count).